The van der Waals surface area contributed by atoms with Crippen LogP contribution in [-0.4, -0.2) is 36.5 Å². The number of alkyl halides is 1. The SMILES string of the molecule is C=CC(=O)OC(C)N(C)C.CCCCCCCCCCCCCCCCBr. The van der Waals surface area contributed by atoms with Gasteiger partial charge in [-0.25, -0.2) is 4.79 Å². The number of ether oxygens (including phenoxy) is 1. The summed E-state index contributed by atoms with van der Waals surface area (Å²) in [5.74, 6) is -0.388. The second-order valence-electron chi connectivity index (χ2n) is 7.49. The van der Waals surface area contributed by atoms with Gasteiger partial charge in [0.15, 0.2) is 6.23 Å². The Kier molecular flexibility index (Phi) is 25.3. The number of halogens is 1. The molecule has 27 heavy (non-hydrogen) atoms. The van der Waals surface area contributed by atoms with Crippen LogP contribution in [0.4, 0.5) is 0 Å². The molecule has 0 heterocycles. The molecule has 0 aliphatic heterocycles. The lowest BCUT2D eigenvalue weighted by molar-refractivity contribution is -0.149. The van der Waals surface area contributed by atoms with Crippen LogP contribution in [0.1, 0.15) is 104 Å². The smallest absolute Gasteiger partial charge is 0.331 e. The van der Waals surface area contributed by atoms with Gasteiger partial charge in [-0.1, -0.05) is 113 Å². The summed E-state index contributed by atoms with van der Waals surface area (Å²) in [5.41, 5.74) is 0. The van der Waals surface area contributed by atoms with Crippen molar-refractivity contribution in [3.05, 3.63) is 12.7 Å². The van der Waals surface area contributed by atoms with Gasteiger partial charge in [-0.05, 0) is 27.4 Å². The quantitative estimate of drug-likeness (QED) is 0.0759. The largest absolute Gasteiger partial charge is 0.444 e. The third-order valence-electron chi connectivity index (χ3n) is 4.67. The van der Waals surface area contributed by atoms with Gasteiger partial charge in [0.05, 0.1) is 0 Å². The van der Waals surface area contributed by atoms with Gasteiger partial charge in [-0.15, -0.1) is 0 Å². The molecular formula is C23H46BrNO2. The minimum Gasteiger partial charge on any atom is -0.444 e. The van der Waals surface area contributed by atoms with Gasteiger partial charge in [-0.2, -0.15) is 0 Å². The normalized spacial score (nSPS) is 11.6. The maximum atomic E-state index is 10.6. The Morgan fingerprint density at radius 2 is 1.26 bits per heavy atom. The highest BCUT2D eigenvalue weighted by Crippen LogP contribution is 2.13. The molecule has 162 valence electrons. The summed E-state index contributed by atoms with van der Waals surface area (Å²) in [6.07, 6.45) is 21.3. The van der Waals surface area contributed by atoms with Crippen LogP contribution in [0, 0.1) is 0 Å². The van der Waals surface area contributed by atoms with E-state index in [0.717, 1.165) is 6.08 Å². The fourth-order valence-electron chi connectivity index (χ4n) is 2.61. The molecular weight excluding hydrogens is 402 g/mol. The summed E-state index contributed by atoms with van der Waals surface area (Å²) in [6, 6.07) is 0. The summed E-state index contributed by atoms with van der Waals surface area (Å²) in [7, 11) is 3.67. The van der Waals surface area contributed by atoms with E-state index in [2.05, 4.69) is 29.4 Å². The van der Waals surface area contributed by atoms with Crippen LogP contribution in [0.15, 0.2) is 12.7 Å². The first-order valence-electron chi connectivity index (χ1n) is 11.0. The molecule has 0 radical (unpaired) electrons. The van der Waals surface area contributed by atoms with Crippen molar-refractivity contribution in [1.29, 1.82) is 0 Å². The highest BCUT2D eigenvalue weighted by molar-refractivity contribution is 9.09. The van der Waals surface area contributed by atoms with Crippen LogP contribution in [0.3, 0.4) is 0 Å². The Labute approximate surface area is 178 Å². The Balaban J connectivity index is 0. The van der Waals surface area contributed by atoms with E-state index in [1.165, 1.54) is 95.2 Å². The summed E-state index contributed by atoms with van der Waals surface area (Å²) >= 11 is 3.48. The monoisotopic (exact) mass is 447 g/mol. The number of hydrogen-bond acceptors (Lipinski definition) is 3. The van der Waals surface area contributed by atoms with Gasteiger partial charge in [0.2, 0.25) is 0 Å². The number of unbranched alkanes of at least 4 members (excludes halogenated alkanes) is 13. The van der Waals surface area contributed by atoms with Crippen LogP contribution in [0.5, 0.6) is 0 Å². The molecule has 0 aromatic heterocycles. The van der Waals surface area contributed by atoms with Gasteiger partial charge in [0.25, 0.3) is 0 Å². The number of carbonyl (C=O) groups is 1. The van der Waals surface area contributed by atoms with E-state index in [1.54, 1.807) is 11.8 Å². The molecule has 0 saturated carbocycles. The zero-order chi connectivity index (χ0) is 20.8. The molecule has 3 nitrogen and oxygen atoms in total. The molecule has 1 unspecified atom stereocenters. The predicted molar refractivity (Wildman–Crippen MR) is 124 cm³/mol. The molecule has 0 amide bonds. The van der Waals surface area contributed by atoms with Crippen molar-refractivity contribution in [3.63, 3.8) is 0 Å². The highest BCUT2D eigenvalue weighted by Gasteiger charge is 2.06. The van der Waals surface area contributed by atoms with Crippen LogP contribution >= 0.6 is 15.9 Å². The number of carbonyl (C=O) groups excluding carboxylic acids is 1. The molecule has 0 saturated heterocycles. The summed E-state index contributed by atoms with van der Waals surface area (Å²) in [4.78, 5) is 12.4. The molecule has 0 fully saturated rings. The second kappa shape index (κ2) is 23.7. The fourth-order valence-corrected chi connectivity index (χ4v) is 3.01. The van der Waals surface area contributed by atoms with E-state index in [9.17, 15) is 4.79 Å². The highest BCUT2D eigenvalue weighted by atomic mass is 79.9. The van der Waals surface area contributed by atoms with E-state index in [1.807, 2.05) is 14.1 Å². The third-order valence-corrected chi connectivity index (χ3v) is 5.23. The van der Waals surface area contributed by atoms with Crippen LogP contribution < -0.4 is 0 Å². The molecule has 0 aliphatic rings. The lowest BCUT2D eigenvalue weighted by Gasteiger charge is -2.18. The van der Waals surface area contributed by atoms with E-state index >= 15 is 0 Å². The first kappa shape index (κ1) is 28.9. The molecule has 0 bridgehead atoms. The lowest BCUT2D eigenvalue weighted by atomic mass is 10.0. The molecule has 1 atom stereocenters. The molecule has 0 aromatic rings. The van der Waals surface area contributed by atoms with Gasteiger partial charge in [0.1, 0.15) is 0 Å². The average molecular weight is 449 g/mol. The zero-order valence-electron chi connectivity index (χ0n) is 18.6. The third kappa shape index (κ3) is 25.7. The molecule has 4 heteroatoms. The molecule has 0 spiro atoms. The number of rotatable bonds is 17. The summed E-state index contributed by atoms with van der Waals surface area (Å²) < 4.78 is 4.83. The lowest BCUT2D eigenvalue weighted by Crippen LogP contribution is -2.29. The predicted octanol–water partition coefficient (Wildman–Crippen LogP) is 7.49. The maximum Gasteiger partial charge on any atom is 0.331 e. The molecule has 0 rings (SSSR count). The fraction of sp³-hybridized carbons (Fsp3) is 0.870. The molecule has 0 aliphatic carbocycles. The van der Waals surface area contributed by atoms with Crippen molar-refractivity contribution in [2.24, 2.45) is 0 Å². The maximum absolute atomic E-state index is 10.6. The van der Waals surface area contributed by atoms with Crippen molar-refractivity contribution < 1.29 is 9.53 Å². The minimum atomic E-state index is -0.388. The Morgan fingerprint density at radius 3 is 1.56 bits per heavy atom. The number of esters is 1. The first-order chi connectivity index (χ1) is 13.0. The average Bonchev–Trinajstić information content (AvgIpc) is 2.65. The van der Waals surface area contributed by atoms with Gasteiger partial charge >= 0.3 is 5.97 Å². The van der Waals surface area contributed by atoms with E-state index < -0.39 is 0 Å². The molecule has 0 N–H and O–H groups in total. The van der Waals surface area contributed by atoms with Gasteiger partial charge < -0.3 is 4.74 Å². The summed E-state index contributed by atoms with van der Waals surface area (Å²) in [5, 5.41) is 1.19. The van der Waals surface area contributed by atoms with Crippen LogP contribution in [-0.2, 0) is 9.53 Å². The van der Waals surface area contributed by atoms with Crippen molar-refractivity contribution in [3.8, 4) is 0 Å². The first-order valence-corrected chi connectivity index (χ1v) is 12.2. The Hall–Kier alpha value is -0.350. The summed E-state index contributed by atoms with van der Waals surface area (Å²) in [6.45, 7) is 7.36. The standard InChI is InChI=1S/C16H33Br.C7H13NO2/c1-2-3-4-5-6-7-8-9-10-11-12-13-14-15-16-17;1-5-7(9)10-6(2)8(3)4/h2-16H2,1H3;5-6H,1H2,2-4H3. The van der Waals surface area contributed by atoms with Gasteiger partial charge in [-0.3, -0.25) is 4.90 Å². The molecule has 0 aromatic carbocycles. The van der Waals surface area contributed by atoms with E-state index in [-0.39, 0.29) is 12.2 Å². The van der Waals surface area contributed by atoms with Crippen molar-refractivity contribution in [1.82, 2.24) is 4.90 Å². The Morgan fingerprint density at radius 1 is 0.889 bits per heavy atom. The second-order valence-corrected chi connectivity index (χ2v) is 8.28. The van der Waals surface area contributed by atoms with E-state index in [0.29, 0.717) is 0 Å². The topological polar surface area (TPSA) is 29.5 Å². The number of nitrogens with zero attached hydrogens (tertiary/aromatic N) is 1. The number of hydrogen-bond donors (Lipinski definition) is 0. The van der Waals surface area contributed by atoms with Crippen molar-refractivity contribution >= 4 is 21.9 Å². The van der Waals surface area contributed by atoms with Gasteiger partial charge in [0, 0.05) is 11.4 Å². The Bertz CT molecular complexity index is 308. The minimum absolute atomic E-state index is 0.189. The van der Waals surface area contributed by atoms with Crippen molar-refractivity contribution in [2.45, 2.75) is 110 Å². The van der Waals surface area contributed by atoms with Crippen LogP contribution in [0.2, 0.25) is 0 Å². The zero-order valence-corrected chi connectivity index (χ0v) is 20.2. The van der Waals surface area contributed by atoms with Crippen molar-refractivity contribution in [2.75, 3.05) is 19.4 Å². The van der Waals surface area contributed by atoms with Crippen LogP contribution in [0.25, 0.3) is 0 Å². The van der Waals surface area contributed by atoms with E-state index in [4.69, 9.17) is 4.74 Å².